The van der Waals surface area contributed by atoms with E-state index >= 15 is 0 Å². The molecular formula is C11H22ClNO. The lowest BCUT2D eigenvalue weighted by Crippen LogP contribution is -2.23. The Hall–Kier alpha value is 0.210. The van der Waals surface area contributed by atoms with Crippen LogP contribution >= 0.6 is 11.6 Å². The molecule has 0 amide bonds. The Morgan fingerprint density at radius 3 is 3.07 bits per heavy atom. The third-order valence-corrected chi connectivity index (χ3v) is 3.19. The molecule has 14 heavy (non-hydrogen) atoms. The summed E-state index contributed by atoms with van der Waals surface area (Å²) in [6.45, 7) is 5.28. The monoisotopic (exact) mass is 219 g/mol. The summed E-state index contributed by atoms with van der Waals surface area (Å²) in [5.74, 6) is 1.33. The second kappa shape index (κ2) is 7.49. The van der Waals surface area contributed by atoms with Crippen molar-refractivity contribution in [3.63, 3.8) is 0 Å². The van der Waals surface area contributed by atoms with Gasteiger partial charge < -0.3 is 10.1 Å². The molecule has 1 saturated heterocycles. The minimum atomic E-state index is 0.544. The predicted molar refractivity (Wildman–Crippen MR) is 61.0 cm³/mol. The summed E-state index contributed by atoms with van der Waals surface area (Å²) >= 11 is 5.71. The second-order valence-corrected chi connectivity index (χ2v) is 4.55. The SMILES string of the molecule is CC(CCl)CNCCCC1CCCO1. The highest BCUT2D eigenvalue weighted by Crippen LogP contribution is 2.16. The van der Waals surface area contributed by atoms with Crippen LogP contribution < -0.4 is 5.32 Å². The first kappa shape index (κ1) is 12.3. The topological polar surface area (TPSA) is 21.3 Å². The van der Waals surface area contributed by atoms with Crippen molar-refractivity contribution in [3.8, 4) is 0 Å². The Balaban J connectivity index is 1.84. The third kappa shape index (κ3) is 5.18. The van der Waals surface area contributed by atoms with E-state index in [4.69, 9.17) is 16.3 Å². The van der Waals surface area contributed by atoms with Gasteiger partial charge in [-0.05, 0) is 44.7 Å². The number of hydrogen-bond donors (Lipinski definition) is 1. The quantitative estimate of drug-likeness (QED) is 0.525. The van der Waals surface area contributed by atoms with Crippen LogP contribution in [-0.2, 0) is 4.74 Å². The van der Waals surface area contributed by atoms with Crippen LogP contribution in [0.5, 0.6) is 0 Å². The summed E-state index contributed by atoms with van der Waals surface area (Å²) < 4.78 is 5.55. The summed E-state index contributed by atoms with van der Waals surface area (Å²) in [5, 5.41) is 3.42. The minimum absolute atomic E-state index is 0.544. The van der Waals surface area contributed by atoms with E-state index in [-0.39, 0.29) is 0 Å². The van der Waals surface area contributed by atoms with Gasteiger partial charge in [-0.3, -0.25) is 0 Å². The molecule has 2 atom stereocenters. The van der Waals surface area contributed by atoms with Gasteiger partial charge in [0.25, 0.3) is 0 Å². The van der Waals surface area contributed by atoms with Crippen molar-refractivity contribution in [2.75, 3.05) is 25.6 Å². The second-order valence-electron chi connectivity index (χ2n) is 4.24. The highest BCUT2D eigenvalue weighted by molar-refractivity contribution is 6.18. The number of hydrogen-bond acceptors (Lipinski definition) is 2. The van der Waals surface area contributed by atoms with E-state index in [9.17, 15) is 0 Å². The van der Waals surface area contributed by atoms with Crippen molar-refractivity contribution in [2.45, 2.75) is 38.7 Å². The molecule has 0 spiro atoms. The van der Waals surface area contributed by atoms with Crippen LogP contribution in [0.3, 0.4) is 0 Å². The third-order valence-electron chi connectivity index (χ3n) is 2.66. The van der Waals surface area contributed by atoms with E-state index in [1.807, 2.05) is 0 Å². The molecule has 0 saturated carbocycles. The Bertz CT molecular complexity index is 137. The van der Waals surface area contributed by atoms with Crippen molar-refractivity contribution in [3.05, 3.63) is 0 Å². The van der Waals surface area contributed by atoms with Crippen LogP contribution in [0.15, 0.2) is 0 Å². The Labute approximate surface area is 92.3 Å². The van der Waals surface area contributed by atoms with Gasteiger partial charge in [-0.2, -0.15) is 0 Å². The number of rotatable bonds is 7. The predicted octanol–water partition coefficient (Wildman–Crippen LogP) is 2.41. The molecule has 0 aromatic heterocycles. The van der Waals surface area contributed by atoms with Crippen LogP contribution in [0, 0.1) is 5.92 Å². The van der Waals surface area contributed by atoms with Crippen molar-refractivity contribution < 1.29 is 4.74 Å². The zero-order chi connectivity index (χ0) is 10.2. The van der Waals surface area contributed by atoms with Gasteiger partial charge in [0, 0.05) is 12.5 Å². The van der Waals surface area contributed by atoms with E-state index in [0.717, 1.165) is 25.6 Å². The zero-order valence-electron chi connectivity index (χ0n) is 9.10. The van der Waals surface area contributed by atoms with Gasteiger partial charge in [-0.25, -0.2) is 0 Å². The first-order chi connectivity index (χ1) is 6.83. The fourth-order valence-corrected chi connectivity index (χ4v) is 1.84. The minimum Gasteiger partial charge on any atom is -0.378 e. The first-order valence-corrected chi connectivity index (χ1v) is 6.24. The van der Waals surface area contributed by atoms with Crippen molar-refractivity contribution in [2.24, 2.45) is 5.92 Å². The molecule has 2 unspecified atom stereocenters. The maximum Gasteiger partial charge on any atom is 0.0576 e. The molecule has 1 heterocycles. The van der Waals surface area contributed by atoms with E-state index in [1.165, 1.54) is 25.7 Å². The number of ether oxygens (including phenoxy) is 1. The standard InChI is InChI=1S/C11H22ClNO/c1-10(8-12)9-13-6-2-4-11-5-3-7-14-11/h10-11,13H,2-9H2,1H3. The highest BCUT2D eigenvalue weighted by atomic mass is 35.5. The summed E-state index contributed by atoms with van der Waals surface area (Å²) in [4.78, 5) is 0. The average molecular weight is 220 g/mol. The molecule has 2 nitrogen and oxygen atoms in total. The maximum absolute atomic E-state index is 5.71. The van der Waals surface area contributed by atoms with Gasteiger partial charge in [-0.15, -0.1) is 11.6 Å². The van der Waals surface area contributed by atoms with Crippen LogP contribution in [0.4, 0.5) is 0 Å². The molecule has 84 valence electrons. The smallest absolute Gasteiger partial charge is 0.0576 e. The van der Waals surface area contributed by atoms with E-state index in [0.29, 0.717) is 12.0 Å². The van der Waals surface area contributed by atoms with Crippen LogP contribution in [-0.4, -0.2) is 31.7 Å². The van der Waals surface area contributed by atoms with Crippen molar-refractivity contribution in [1.29, 1.82) is 0 Å². The summed E-state index contributed by atoms with van der Waals surface area (Å²) in [7, 11) is 0. The van der Waals surface area contributed by atoms with Gasteiger partial charge in [0.05, 0.1) is 6.10 Å². The molecule has 0 aliphatic carbocycles. The van der Waals surface area contributed by atoms with Gasteiger partial charge >= 0.3 is 0 Å². The lowest BCUT2D eigenvalue weighted by Gasteiger charge is -2.11. The molecule has 0 aromatic rings. The molecule has 1 aliphatic heterocycles. The van der Waals surface area contributed by atoms with Crippen molar-refractivity contribution >= 4 is 11.6 Å². The van der Waals surface area contributed by atoms with Crippen LogP contribution in [0.1, 0.15) is 32.6 Å². The molecule has 0 aromatic carbocycles. The Kier molecular flexibility index (Phi) is 6.57. The fourth-order valence-electron chi connectivity index (χ4n) is 1.73. The summed E-state index contributed by atoms with van der Waals surface area (Å²) in [5.41, 5.74) is 0. The first-order valence-electron chi connectivity index (χ1n) is 5.71. The van der Waals surface area contributed by atoms with Crippen LogP contribution in [0.2, 0.25) is 0 Å². The molecule has 1 N–H and O–H groups in total. The Morgan fingerprint density at radius 2 is 2.43 bits per heavy atom. The van der Waals surface area contributed by atoms with Gasteiger partial charge in [0.15, 0.2) is 0 Å². The average Bonchev–Trinajstić information content (AvgIpc) is 2.69. The number of nitrogens with one attached hydrogen (secondary N) is 1. The van der Waals surface area contributed by atoms with Gasteiger partial charge in [0.2, 0.25) is 0 Å². The number of alkyl halides is 1. The van der Waals surface area contributed by atoms with E-state index < -0.39 is 0 Å². The van der Waals surface area contributed by atoms with E-state index in [2.05, 4.69) is 12.2 Å². The lowest BCUT2D eigenvalue weighted by atomic mass is 10.1. The summed E-state index contributed by atoms with van der Waals surface area (Å²) in [6.07, 6.45) is 5.49. The lowest BCUT2D eigenvalue weighted by molar-refractivity contribution is 0.102. The molecule has 1 fully saturated rings. The highest BCUT2D eigenvalue weighted by Gasteiger charge is 2.14. The van der Waals surface area contributed by atoms with Crippen LogP contribution in [0.25, 0.3) is 0 Å². The molecule has 1 rings (SSSR count). The normalized spacial score (nSPS) is 24.0. The van der Waals surface area contributed by atoms with Gasteiger partial charge in [-0.1, -0.05) is 6.92 Å². The van der Waals surface area contributed by atoms with Gasteiger partial charge in [0.1, 0.15) is 0 Å². The number of halogens is 1. The van der Waals surface area contributed by atoms with E-state index in [1.54, 1.807) is 0 Å². The van der Waals surface area contributed by atoms with Crippen molar-refractivity contribution in [1.82, 2.24) is 5.32 Å². The molecular weight excluding hydrogens is 198 g/mol. The Morgan fingerprint density at radius 1 is 1.57 bits per heavy atom. The molecule has 1 aliphatic rings. The molecule has 3 heteroatoms. The maximum atomic E-state index is 5.71. The largest absolute Gasteiger partial charge is 0.378 e. The summed E-state index contributed by atoms with van der Waals surface area (Å²) in [6, 6.07) is 0. The molecule has 0 radical (unpaired) electrons. The zero-order valence-corrected chi connectivity index (χ0v) is 9.85. The fraction of sp³-hybridized carbons (Fsp3) is 1.00. The molecule has 0 bridgehead atoms.